The summed E-state index contributed by atoms with van der Waals surface area (Å²) in [4.78, 5) is 81.9. The first-order valence-corrected chi connectivity index (χ1v) is 10.5. The number of nitrogens with two attached hydrogens (primary N) is 3. The minimum Gasteiger partial charge on any atom is -0.481 e. The number of carbonyl (C=O) groups excluding carboxylic acids is 5. The summed E-state index contributed by atoms with van der Waals surface area (Å²) in [5, 5.41) is 34.1. The van der Waals surface area contributed by atoms with E-state index in [0.717, 1.165) is 6.92 Å². The molecule has 0 heterocycles. The van der Waals surface area contributed by atoms with Gasteiger partial charge in [0, 0.05) is 19.3 Å². The minimum absolute atomic E-state index is 0.145. The van der Waals surface area contributed by atoms with E-state index in [4.69, 9.17) is 27.4 Å². The van der Waals surface area contributed by atoms with E-state index in [-0.39, 0.29) is 19.3 Å². The number of hydrogen-bond donors (Lipinski definition) is 9. The van der Waals surface area contributed by atoms with Gasteiger partial charge in [0.15, 0.2) is 6.04 Å². The number of hydrogen-bond acceptors (Lipinski definition) is 9. The molecule has 0 rings (SSSR count). The predicted molar refractivity (Wildman–Crippen MR) is 117 cm³/mol. The predicted octanol–water partition coefficient (Wildman–Crippen LogP) is -4.37. The number of aliphatic carboxylic acids is 2. The molecular weight excluding hydrogens is 472 g/mol. The monoisotopic (exact) mass is 504 g/mol. The van der Waals surface area contributed by atoms with E-state index < -0.39 is 91.0 Å². The molecule has 0 spiro atoms. The number of carbonyl (C=O) groups is 7. The summed E-state index contributed by atoms with van der Waals surface area (Å²) < 4.78 is 0. The van der Waals surface area contributed by atoms with Gasteiger partial charge in [-0.1, -0.05) is 0 Å². The molecule has 0 bridgehead atoms. The lowest BCUT2D eigenvalue weighted by Gasteiger charge is -2.25. The normalized spacial score (nSPS) is 14.9. The number of carboxylic acids is 2. The van der Waals surface area contributed by atoms with Gasteiger partial charge >= 0.3 is 11.9 Å². The van der Waals surface area contributed by atoms with E-state index in [1.165, 1.54) is 0 Å². The maximum Gasteiger partial charge on any atom is 0.328 e. The second kappa shape index (κ2) is 15.2. The molecule has 0 aliphatic heterocycles. The summed E-state index contributed by atoms with van der Waals surface area (Å²) in [5.41, 5.74) is 15.7. The Kier molecular flexibility index (Phi) is 13.5. The summed E-state index contributed by atoms with van der Waals surface area (Å²) >= 11 is 0. The van der Waals surface area contributed by atoms with Crippen molar-refractivity contribution < 1.29 is 48.9 Å². The number of carboxylic acid groups (broad SMARTS) is 2. The molecule has 5 atom stereocenters. The summed E-state index contributed by atoms with van der Waals surface area (Å²) in [6.07, 6.45) is -3.60. The second-order valence-electron chi connectivity index (χ2n) is 7.74. The Balaban J connectivity index is 5.61. The van der Waals surface area contributed by atoms with Crippen molar-refractivity contribution in [3.63, 3.8) is 0 Å². The third-order valence-electron chi connectivity index (χ3n) is 4.68. The van der Waals surface area contributed by atoms with Crippen molar-refractivity contribution in [1.82, 2.24) is 16.0 Å². The number of aliphatic hydroxyl groups excluding tert-OH is 1. The third kappa shape index (κ3) is 12.9. The van der Waals surface area contributed by atoms with Crippen molar-refractivity contribution in [2.24, 2.45) is 17.2 Å². The van der Waals surface area contributed by atoms with Crippen LogP contribution >= 0.6 is 0 Å². The minimum atomic E-state index is -1.73. The van der Waals surface area contributed by atoms with Gasteiger partial charge in [-0.05, 0) is 26.2 Å². The zero-order chi connectivity index (χ0) is 27.3. The Morgan fingerprint density at radius 2 is 1.14 bits per heavy atom. The van der Waals surface area contributed by atoms with Gasteiger partial charge in [0.25, 0.3) is 0 Å². The van der Waals surface area contributed by atoms with Crippen LogP contribution in [-0.2, 0) is 33.6 Å². The number of aliphatic hydroxyl groups is 1. The van der Waals surface area contributed by atoms with Crippen molar-refractivity contribution in [3.05, 3.63) is 0 Å². The quantitative estimate of drug-likeness (QED) is 0.0911. The summed E-state index contributed by atoms with van der Waals surface area (Å²) in [6, 6.07) is -6.00. The molecule has 0 aromatic carbocycles. The smallest absolute Gasteiger partial charge is 0.328 e. The number of primary amides is 2. The highest BCUT2D eigenvalue weighted by molar-refractivity contribution is 5.94. The molecule has 0 saturated heterocycles. The molecule has 35 heavy (non-hydrogen) atoms. The van der Waals surface area contributed by atoms with Crippen LogP contribution in [0.25, 0.3) is 0 Å². The van der Waals surface area contributed by atoms with E-state index in [9.17, 15) is 38.7 Å². The van der Waals surface area contributed by atoms with E-state index in [2.05, 4.69) is 10.6 Å². The summed E-state index contributed by atoms with van der Waals surface area (Å²) in [5.74, 6) is -7.41. The molecule has 0 saturated carbocycles. The Labute approximate surface area is 199 Å². The molecule has 0 aromatic heterocycles. The lowest BCUT2D eigenvalue weighted by atomic mass is 10.1. The summed E-state index contributed by atoms with van der Waals surface area (Å²) in [7, 11) is 0. The van der Waals surface area contributed by atoms with Gasteiger partial charge in [-0.2, -0.15) is 0 Å². The molecule has 0 aliphatic carbocycles. The zero-order valence-electron chi connectivity index (χ0n) is 19.1. The van der Waals surface area contributed by atoms with Crippen LogP contribution in [0.4, 0.5) is 0 Å². The van der Waals surface area contributed by atoms with Gasteiger partial charge in [-0.15, -0.1) is 0 Å². The Hall–Kier alpha value is -3.79. The third-order valence-corrected chi connectivity index (χ3v) is 4.68. The number of nitrogens with one attached hydrogen (secondary N) is 3. The van der Waals surface area contributed by atoms with E-state index >= 15 is 0 Å². The molecular formula is C19H32N6O10. The Morgan fingerprint density at radius 1 is 0.714 bits per heavy atom. The van der Waals surface area contributed by atoms with Gasteiger partial charge in [-0.3, -0.25) is 28.8 Å². The molecule has 12 N–H and O–H groups in total. The average molecular weight is 504 g/mol. The van der Waals surface area contributed by atoms with Crippen LogP contribution in [0.2, 0.25) is 0 Å². The zero-order valence-corrected chi connectivity index (χ0v) is 19.1. The van der Waals surface area contributed by atoms with Gasteiger partial charge in [0.2, 0.25) is 29.5 Å². The highest BCUT2D eigenvalue weighted by Gasteiger charge is 2.32. The summed E-state index contributed by atoms with van der Waals surface area (Å²) in [6.45, 7) is 1.11. The van der Waals surface area contributed by atoms with Crippen molar-refractivity contribution in [2.45, 2.75) is 75.7 Å². The largest absolute Gasteiger partial charge is 0.481 e. The fourth-order valence-corrected chi connectivity index (χ4v) is 2.71. The van der Waals surface area contributed by atoms with E-state index in [1.807, 2.05) is 5.32 Å². The molecule has 0 fully saturated rings. The molecule has 5 unspecified atom stereocenters. The standard InChI is InChI=1S/C19H32N6O10/c1-8(26)15(19(34)35)25-18(33)10(3-6-13(22)28)24-17(32)11(4-7-14(29)30)23-16(31)9(20)2-5-12(21)27/h8-11,15,26H,2-7,20H2,1H3,(H2,21,27)(H2,22,28)(H,23,31)(H,24,32)(H,25,33)(H,29,30)(H,34,35). The fraction of sp³-hybridized carbons (Fsp3) is 0.632. The number of amides is 5. The molecule has 0 aliphatic rings. The highest BCUT2D eigenvalue weighted by Crippen LogP contribution is 2.05. The molecule has 5 amide bonds. The van der Waals surface area contributed by atoms with Crippen molar-refractivity contribution in [1.29, 1.82) is 0 Å². The van der Waals surface area contributed by atoms with E-state index in [0.29, 0.717) is 0 Å². The molecule has 198 valence electrons. The van der Waals surface area contributed by atoms with Gasteiger partial charge < -0.3 is 48.5 Å². The van der Waals surface area contributed by atoms with Crippen molar-refractivity contribution in [2.75, 3.05) is 0 Å². The van der Waals surface area contributed by atoms with Crippen molar-refractivity contribution >= 4 is 41.5 Å². The van der Waals surface area contributed by atoms with Gasteiger partial charge in [0.05, 0.1) is 12.1 Å². The first-order chi connectivity index (χ1) is 16.1. The Bertz CT molecular complexity index is 818. The lowest BCUT2D eigenvalue weighted by molar-refractivity contribution is -0.145. The first-order valence-electron chi connectivity index (χ1n) is 10.5. The van der Waals surface area contributed by atoms with Crippen LogP contribution in [0.15, 0.2) is 0 Å². The first kappa shape index (κ1) is 31.2. The molecule has 0 aromatic rings. The van der Waals surface area contributed by atoms with Crippen LogP contribution in [0.5, 0.6) is 0 Å². The highest BCUT2D eigenvalue weighted by atomic mass is 16.4. The topological polar surface area (TPSA) is 294 Å². The second-order valence-corrected chi connectivity index (χ2v) is 7.74. The maximum absolute atomic E-state index is 12.8. The fourth-order valence-electron chi connectivity index (χ4n) is 2.71. The van der Waals surface area contributed by atoms with Crippen LogP contribution in [-0.4, -0.2) is 87.1 Å². The lowest BCUT2D eigenvalue weighted by Crippen LogP contribution is -2.58. The Morgan fingerprint density at radius 3 is 1.57 bits per heavy atom. The van der Waals surface area contributed by atoms with Crippen LogP contribution in [0.1, 0.15) is 45.4 Å². The van der Waals surface area contributed by atoms with Gasteiger partial charge in [-0.25, -0.2) is 4.79 Å². The van der Waals surface area contributed by atoms with Crippen molar-refractivity contribution in [3.8, 4) is 0 Å². The number of rotatable bonds is 17. The maximum atomic E-state index is 12.8. The van der Waals surface area contributed by atoms with Crippen LogP contribution in [0, 0.1) is 0 Å². The SMILES string of the molecule is CC(O)C(NC(=O)C(CCC(N)=O)NC(=O)C(CCC(=O)O)NC(=O)C(N)CCC(N)=O)C(=O)O. The molecule has 16 heteroatoms. The van der Waals surface area contributed by atoms with E-state index in [1.54, 1.807) is 0 Å². The van der Waals surface area contributed by atoms with Crippen LogP contribution in [0.3, 0.4) is 0 Å². The molecule has 16 nitrogen and oxygen atoms in total. The van der Waals surface area contributed by atoms with Gasteiger partial charge in [0.1, 0.15) is 12.1 Å². The molecule has 0 radical (unpaired) electrons. The average Bonchev–Trinajstić information content (AvgIpc) is 2.74. The van der Waals surface area contributed by atoms with Crippen LogP contribution < -0.4 is 33.2 Å².